The molecule has 0 aromatic heterocycles. The SMILES string of the molecule is N#CC1(Nc2cccc(Cl)c2)CCS(=O)(=O)C1. The minimum Gasteiger partial charge on any atom is -0.366 e. The molecule has 0 radical (unpaired) electrons. The number of nitriles is 1. The summed E-state index contributed by atoms with van der Waals surface area (Å²) >= 11 is 5.83. The quantitative estimate of drug-likeness (QED) is 0.890. The van der Waals surface area contributed by atoms with E-state index in [1.54, 1.807) is 24.3 Å². The number of nitrogens with one attached hydrogen (secondary N) is 1. The van der Waals surface area contributed by atoms with Crippen LogP contribution in [0, 0.1) is 11.3 Å². The van der Waals surface area contributed by atoms with Crippen LogP contribution in [0.2, 0.25) is 5.02 Å². The van der Waals surface area contributed by atoms with E-state index in [0.717, 1.165) is 0 Å². The summed E-state index contributed by atoms with van der Waals surface area (Å²) in [5.74, 6) is -0.100. The Morgan fingerprint density at radius 3 is 2.76 bits per heavy atom. The number of benzene rings is 1. The minimum absolute atomic E-state index is 0.0497. The topological polar surface area (TPSA) is 70.0 Å². The van der Waals surface area contributed by atoms with Crippen molar-refractivity contribution in [3.8, 4) is 6.07 Å². The second-order valence-electron chi connectivity index (χ2n) is 4.17. The Bertz CT molecular complexity index is 579. The maximum atomic E-state index is 11.4. The van der Waals surface area contributed by atoms with Gasteiger partial charge < -0.3 is 5.32 Å². The van der Waals surface area contributed by atoms with E-state index < -0.39 is 15.4 Å². The highest BCUT2D eigenvalue weighted by molar-refractivity contribution is 7.91. The molecule has 1 unspecified atom stereocenters. The first-order valence-corrected chi connectivity index (χ1v) is 7.30. The molecule has 1 aliphatic heterocycles. The Morgan fingerprint density at radius 1 is 1.47 bits per heavy atom. The molecule has 0 saturated carbocycles. The Balaban J connectivity index is 2.26. The molecule has 0 aliphatic carbocycles. The highest BCUT2D eigenvalue weighted by atomic mass is 35.5. The first-order chi connectivity index (χ1) is 7.95. The van der Waals surface area contributed by atoms with E-state index in [4.69, 9.17) is 16.9 Å². The van der Waals surface area contributed by atoms with Crippen LogP contribution in [0.1, 0.15) is 6.42 Å². The van der Waals surface area contributed by atoms with Crippen molar-refractivity contribution in [3.63, 3.8) is 0 Å². The highest BCUT2D eigenvalue weighted by Crippen LogP contribution is 2.28. The molecule has 4 nitrogen and oxygen atoms in total. The number of sulfone groups is 1. The number of anilines is 1. The van der Waals surface area contributed by atoms with Crippen LogP contribution in [0.15, 0.2) is 24.3 Å². The fourth-order valence-electron chi connectivity index (χ4n) is 1.91. The summed E-state index contributed by atoms with van der Waals surface area (Å²) in [5, 5.41) is 12.7. The molecular formula is C11H11ClN2O2S. The van der Waals surface area contributed by atoms with E-state index in [9.17, 15) is 8.42 Å². The van der Waals surface area contributed by atoms with E-state index >= 15 is 0 Å². The molecule has 1 saturated heterocycles. The van der Waals surface area contributed by atoms with Gasteiger partial charge in [0, 0.05) is 10.7 Å². The van der Waals surface area contributed by atoms with Crippen LogP contribution in [0.25, 0.3) is 0 Å². The Hall–Kier alpha value is -1.25. The summed E-state index contributed by atoms with van der Waals surface area (Å²) in [5.41, 5.74) is -0.361. The van der Waals surface area contributed by atoms with Crippen LogP contribution in [0.3, 0.4) is 0 Å². The zero-order chi connectivity index (χ0) is 12.5. The zero-order valence-electron chi connectivity index (χ0n) is 8.98. The zero-order valence-corrected chi connectivity index (χ0v) is 10.6. The summed E-state index contributed by atoms with van der Waals surface area (Å²) in [7, 11) is -3.11. The summed E-state index contributed by atoms with van der Waals surface area (Å²) in [6.45, 7) is 0. The minimum atomic E-state index is -3.11. The molecule has 17 heavy (non-hydrogen) atoms. The van der Waals surface area contributed by atoms with Crippen molar-refractivity contribution in [3.05, 3.63) is 29.3 Å². The van der Waals surface area contributed by atoms with E-state index in [1.807, 2.05) is 0 Å². The summed E-state index contributed by atoms with van der Waals surface area (Å²) in [6.07, 6.45) is 0.304. The molecule has 1 atom stereocenters. The lowest BCUT2D eigenvalue weighted by Crippen LogP contribution is -2.37. The van der Waals surface area contributed by atoms with Crippen molar-refractivity contribution in [1.29, 1.82) is 5.26 Å². The van der Waals surface area contributed by atoms with Gasteiger partial charge in [0.2, 0.25) is 0 Å². The van der Waals surface area contributed by atoms with Crippen LogP contribution in [0.4, 0.5) is 5.69 Å². The lowest BCUT2D eigenvalue weighted by molar-refractivity contribution is 0.599. The van der Waals surface area contributed by atoms with Gasteiger partial charge in [0.1, 0.15) is 5.54 Å². The van der Waals surface area contributed by atoms with Crippen LogP contribution < -0.4 is 5.32 Å². The molecule has 1 aliphatic rings. The third-order valence-corrected chi connectivity index (χ3v) is 4.72. The molecule has 2 rings (SSSR count). The molecule has 6 heteroatoms. The van der Waals surface area contributed by atoms with Gasteiger partial charge in [0.25, 0.3) is 0 Å². The average Bonchev–Trinajstić information content (AvgIpc) is 2.55. The lowest BCUT2D eigenvalue weighted by Gasteiger charge is -2.22. The highest BCUT2D eigenvalue weighted by Gasteiger charge is 2.42. The lowest BCUT2D eigenvalue weighted by atomic mass is 10.0. The molecule has 0 bridgehead atoms. The first-order valence-electron chi connectivity index (χ1n) is 5.10. The van der Waals surface area contributed by atoms with Gasteiger partial charge in [-0.3, -0.25) is 0 Å². The van der Waals surface area contributed by atoms with Crippen molar-refractivity contribution in [2.75, 3.05) is 16.8 Å². The fourth-order valence-corrected chi connectivity index (χ4v) is 3.93. The van der Waals surface area contributed by atoms with Crippen LogP contribution in [-0.2, 0) is 9.84 Å². The maximum Gasteiger partial charge on any atom is 0.153 e. The standard InChI is InChI=1S/C11H11ClN2O2S/c12-9-2-1-3-10(6-9)14-11(7-13)4-5-17(15,16)8-11/h1-3,6,14H,4-5,8H2. The number of rotatable bonds is 2. The Morgan fingerprint density at radius 2 is 2.24 bits per heavy atom. The van der Waals surface area contributed by atoms with Gasteiger partial charge in [-0.2, -0.15) is 5.26 Å². The smallest absolute Gasteiger partial charge is 0.153 e. The largest absolute Gasteiger partial charge is 0.366 e. The molecule has 0 amide bonds. The third-order valence-electron chi connectivity index (χ3n) is 2.73. The molecule has 1 N–H and O–H groups in total. The van der Waals surface area contributed by atoms with Crippen LogP contribution >= 0.6 is 11.6 Å². The first kappa shape index (κ1) is 12.2. The molecule has 1 heterocycles. The average molecular weight is 271 g/mol. The van der Waals surface area contributed by atoms with Gasteiger partial charge in [-0.05, 0) is 24.6 Å². The summed E-state index contributed by atoms with van der Waals surface area (Å²) < 4.78 is 22.9. The predicted octanol–water partition coefficient (Wildman–Crippen LogP) is 1.83. The van der Waals surface area contributed by atoms with Crippen molar-refractivity contribution in [2.45, 2.75) is 12.0 Å². The van der Waals surface area contributed by atoms with Crippen LogP contribution in [-0.4, -0.2) is 25.5 Å². The summed E-state index contributed by atoms with van der Waals surface area (Å²) in [6, 6.07) is 8.97. The number of hydrogen-bond donors (Lipinski definition) is 1. The molecule has 0 spiro atoms. The van der Waals surface area contributed by atoms with Gasteiger partial charge in [0.15, 0.2) is 9.84 Å². The van der Waals surface area contributed by atoms with Crippen molar-refractivity contribution in [1.82, 2.24) is 0 Å². The molecule has 1 aromatic carbocycles. The van der Waals surface area contributed by atoms with Crippen molar-refractivity contribution < 1.29 is 8.42 Å². The van der Waals surface area contributed by atoms with E-state index in [2.05, 4.69) is 11.4 Å². The van der Waals surface area contributed by atoms with Crippen LogP contribution in [0.5, 0.6) is 0 Å². The van der Waals surface area contributed by atoms with E-state index in [0.29, 0.717) is 17.1 Å². The number of hydrogen-bond acceptors (Lipinski definition) is 4. The number of halogens is 1. The molecule has 1 fully saturated rings. The predicted molar refractivity (Wildman–Crippen MR) is 66.7 cm³/mol. The Kier molecular flexibility index (Phi) is 3.02. The number of nitrogens with zero attached hydrogens (tertiary/aromatic N) is 1. The van der Waals surface area contributed by atoms with Gasteiger partial charge in [-0.25, -0.2) is 8.42 Å². The summed E-state index contributed by atoms with van der Waals surface area (Å²) in [4.78, 5) is 0. The van der Waals surface area contributed by atoms with Gasteiger partial charge in [0.05, 0.1) is 17.6 Å². The second kappa shape index (κ2) is 4.21. The van der Waals surface area contributed by atoms with Gasteiger partial charge in [-0.1, -0.05) is 17.7 Å². The molecular weight excluding hydrogens is 260 g/mol. The normalized spacial score (nSPS) is 26.4. The van der Waals surface area contributed by atoms with Gasteiger partial charge >= 0.3 is 0 Å². The second-order valence-corrected chi connectivity index (χ2v) is 6.79. The van der Waals surface area contributed by atoms with Gasteiger partial charge in [-0.15, -0.1) is 0 Å². The van der Waals surface area contributed by atoms with E-state index in [-0.39, 0.29) is 11.5 Å². The van der Waals surface area contributed by atoms with Crippen molar-refractivity contribution in [2.24, 2.45) is 0 Å². The molecule has 90 valence electrons. The Labute approximate surface area is 105 Å². The fraction of sp³-hybridized carbons (Fsp3) is 0.364. The van der Waals surface area contributed by atoms with E-state index in [1.165, 1.54) is 0 Å². The third kappa shape index (κ3) is 2.71. The molecule has 1 aromatic rings. The van der Waals surface area contributed by atoms with Crippen molar-refractivity contribution >= 4 is 27.1 Å². The monoisotopic (exact) mass is 270 g/mol. The maximum absolute atomic E-state index is 11.4.